The minimum Gasteiger partial charge on any atom is -0.507 e. The number of benzene rings is 2. The van der Waals surface area contributed by atoms with Gasteiger partial charge < -0.3 is 14.9 Å². The Kier molecular flexibility index (Phi) is 7.10. The van der Waals surface area contributed by atoms with Crippen LogP contribution < -0.4 is 10.6 Å². The number of pyridine rings is 1. The lowest BCUT2D eigenvalue weighted by Crippen LogP contribution is -2.54. The van der Waals surface area contributed by atoms with Crippen molar-refractivity contribution >= 4 is 22.8 Å². The summed E-state index contributed by atoms with van der Waals surface area (Å²) in [5.41, 5.74) is 0.823. The highest BCUT2D eigenvalue weighted by atomic mass is 19.1. The number of anilines is 1. The number of carbonyl (C=O) groups is 1. The van der Waals surface area contributed by atoms with Crippen LogP contribution in [-0.2, 0) is 11.2 Å². The van der Waals surface area contributed by atoms with E-state index in [4.69, 9.17) is 0 Å². The highest BCUT2D eigenvalue weighted by Gasteiger charge is 2.30. The molecule has 0 bridgehead atoms. The number of phenolic OH excluding ortho intramolecular Hbond substituents is 1. The molecule has 1 aliphatic heterocycles. The number of aromatic nitrogens is 3. The summed E-state index contributed by atoms with van der Waals surface area (Å²) in [6.45, 7) is 10.3. The summed E-state index contributed by atoms with van der Waals surface area (Å²) >= 11 is 0. The van der Waals surface area contributed by atoms with Crippen LogP contribution in [0.1, 0.15) is 25.0 Å². The number of phenols is 1. The molecule has 40 heavy (non-hydrogen) atoms. The molecule has 0 aliphatic carbocycles. The average Bonchev–Trinajstić information content (AvgIpc) is 2.93. The Morgan fingerprint density at radius 1 is 1.15 bits per heavy atom. The van der Waals surface area contributed by atoms with E-state index in [1.807, 2.05) is 43.9 Å². The number of aromatic hydroxyl groups is 1. The van der Waals surface area contributed by atoms with Gasteiger partial charge in [0.25, 0.3) is 0 Å². The van der Waals surface area contributed by atoms with Crippen molar-refractivity contribution in [3.63, 3.8) is 0 Å². The molecular formula is C30H29F2N5O3. The van der Waals surface area contributed by atoms with Crippen LogP contribution in [0.2, 0.25) is 0 Å². The van der Waals surface area contributed by atoms with Gasteiger partial charge >= 0.3 is 5.69 Å². The number of hydrogen-bond donors (Lipinski definition) is 1. The van der Waals surface area contributed by atoms with Crippen LogP contribution in [0, 0.1) is 18.6 Å². The molecule has 2 aromatic carbocycles. The predicted molar refractivity (Wildman–Crippen MR) is 150 cm³/mol. The van der Waals surface area contributed by atoms with Crippen molar-refractivity contribution in [3.05, 3.63) is 88.4 Å². The minimum atomic E-state index is -0.880. The van der Waals surface area contributed by atoms with Crippen molar-refractivity contribution in [3.8, 4) is 22.7 Å². The molecule has 0 saturated carbocycles. The van der Waals surface area contributed by atoms with Crippen LogP contribution in [0.4, 0.5) is 14.6 Å². The normalized spacial score (nSPS) is 15.5. The van der Waals surface area contributed by atoms with Gasteiger partial charge in [0.2, 0.25) is 5.91 Å². The van der Waals surface area contributed by atoms with Gasteiger partial charge in [0.15, 0.2) is 11.5 Å². The molecule has 5 rings (SSSR count). The van der Waals surface area contributed by atoms with Gasteiger partial charge in [-0.1, -0.05) is 37.8 Å². The average molecular weight is 546 g/mol. The van der Waals surface area contributed by atoms with Crippen molar-refractivity contribution in [2.24, 2.45) is 0 Å². The van der Waals surface area contributed by atoms with E-state index >= 15 is 4.39 Å². The third kappa shape index (κ3) is 4.49. The van der Waals surface area contributed by atoms with Gasteiger partial charge in [-0.05, 0) is 55.7 Å². The predicted octanol–water partition coefficient (Wildman–Crippen LogP) is 4.53. The van der Waals surface area contributed by atoms with Gasteiger partial charge in [0, 0.05) is 25.7 Å². The second-order valence-corrected chi connectivity index (χ2v) is 9.84. The van der Waals surface area contributed by atoms with E-state index in [0.29, 0.717) is 31.7 Å². The fraction of sp³-hybridized carbons (Fsp3) is 0.267. The van der Waals surface area contributed by atoms with Gasteiger partial charge in [-0.2, -0.15) is 4.98 Å². The number of aryl methyl sites for hydroxylation is 2. The van der Waals surface area contributed by atoms with Gasteiger partial charge in [-0.3, -0.25) is 4.79 Å². The van der Waals surface area contributed by atoms with E-state index in [1.165, 1.54) is 28.8 Å². The molecule has 1 fully saturated rings. The SMILES string of the molecule is C=CC(=O)N1CCN(c2nc(=O)n(-c3c(C)cccc3CC)c3nc(-c4c(O)cccc4F)c(F)cc23)[C@@H](C)C1. The highest BCUT2D eigenvalue weighted by molar-refractivity contribution is 5.91. The fourth-order valence-electron chi connectivity index (χ4n) is 5.38. The number of nitrogens with zero attached hydrogens (tertiary/aromatic N) is 5. The molecule has 1 N–H and O–H groups in total. The first-order valence-corrected chi connectivity index (χ1v) is 13.0. The van der Waals surface area contributed by atoms with Crippen molar-refractivity contribution in [2.45, 2.75) is 33.2 Å². The molecule has 0 radical (unpaired) electrons. The van der Waals surface area contributed by atoms with E-state index in [1.54, 1.807) is 4.90 Å². The van der Waals surface area contributed by atoms with Crippen LogP contribution in [0.3, 0.4) is 0 Å². The van der Waals surface area contributed by atoms with Gasteiger partial charge in [-0.25, -0.2) is 23.1 Å². The number of halogens is 2. The fourth-order valence-corrected chi connectivity index (χ4v) is 5.38. The zero-order valence-corrected chi connectivity index (χ0v) is 22.5. The Balaban J connectivity index is 1.82. The van der Waals surface area contributed by atoms with E-state index in [9.17, 15) is 19.1 Å². The van der Waals surface area contributed by atoms with Crippen molar-refractivity contribution in [1.29, 1.82) is 0 Å². The first kappa shape index (κ1) is 27.0. The molecule has 1 saturated heterocycles. The van der Waals surface area contributed by atoms with Gasteiger partial charge in [0.05, 0.1) is 16.6 Å². The van der Waals surface area contributed by atoms with Crippen LogP contribution in [-0.4, -0.2) is 56.1 Å². The summed E-state index contributed by atoms with van der Waals surface area (Å²) in [4.78, 5) is 38.4. The van der Waals surface area contributed by atoms with Crippen molar-refractivity contribution in [2.75, 3.05) is 24.5 Å². The molecule has 0 unspecified atom stereocenters. The summed E-state index contributed by atoms with van der Waals surface area (Å²) in [6, 6.07) is 10.2. The Bertz CT molecular complexity index is 1700. The monoisotopic (exact) mass is 545 g/mol. The Morgan fingerprint density at radius 2 is 1.90 bits per heavy atom. The standard InChI is InChI=1S/C30H29F2N5O3/c1-5-19-10-7-9-17(3)27(19)37-29-20(15-22(32)26(33-29)25-21(31)11-8-12-23(25)38)28(34-30(37)40)36-14-13-35(16-18(36)4)24(39)6-2/h6-12,15,18,38H,2,5,13-14,16H2,1,3-4H3/t18-/m0/s1. The molecule has 3 heterocycles. The van der Waals surface area contributed by atoms with E-state index in [0.717, 1.165) is 17.2 Å². The summed E-state index contributed by atoms with van der Waals surface area (Å²) in [5, 5.41) is 10.7. The zero-order chi connectivity index (χ0) is 28.7. The molecule has 1 aliphatic rings. The second-order valence-electron chi connectivity index (χ2n) is 9.84. The molecular weight excluding hydrogens is 516 g/mol. The minimum absolute atomic E-state index is 0.0786. The van der Waals surface area contributed by atoms with Crippen molar-refractivity contribution < 1.29 is 18.7 Å². The first-order valence-electron chi connectivity index (χ1n) is 13.0. The smallest absolute Gasteiger partial charge is 0.355 e. The third-order valence-corrected chi connectivity index (χ3v) is 7.34. The summed E-state index contributed by atoms with van der Waals surface area (Å²) < 4.78 is 31.9. The zero-order valence-electron chi connectivity index (χ0n) is 22.5. The first-order chi connectivity index (χ1) is 19.2. The summed E-state index contributed by atoms with van der Waals surface area (Å²) in [5.74, 6) is -2.19. The van der Waals surface area contributed by atoms with Gasteiger partial charge in [-0.15, -0.1) is 0 Å². The number of rotatable bonds is 5. The quantitative estimate of drug-likeness (QED) is 0.371. The lowest BCUT2D eigenvalue weighted by atomic mass is 10.0. The molecule has 1 amide bonds. The number of para-hydroxylation sites is 1. The Hall–Kier alpha value is -4.60. The Labute approximate surface area is 229 Å². The lowest BCUT2D eigenvalue weighted by Gasteiger charge is -2.40. The maximum absolute atomic E-state index is 15.7. The van der Waals surface area contributed by atoms with Crippen LogP contribution in [0.25, 0.3) is 28.0 Å². The third-order valence-electron chi connectivity index (χ3n) is 7.34. The highest BCUT2D eigenvalue weighted by Crippen LogP contribution is 2.36. The van der Waals surface area contributed by atoms with Gasteiger partial charge in [0.1, 0.15) is 23.1 Å². The van der Waals surface area contributed by atoms with Crippen LogP contribution in [0.5, 0.6) is 5.75 Å². The number of amides is 1. The van der Waals surface area contributed by atoms with E-state index in [2.05, 4.69) is 16.5 Å². The maximum atomic E-state index is 15.7. The number of hydrogen-bond acceptors (Lipinski definition) is 6. The van der Waals surface area contributed by atoms with Crippen LogP contribution >= 0.6 is 0 Å². The Morgan fingerprint density at radius 3 is 2.58 bits per heavy atom. The summed E-state index contributed by atoms with van der Waals surface area (Å²) in [7, 11) is 0. The van der Waals surface area contributed by atoms with E-state index < -0.39 is 34.3 Å². The number of fused-ring (bicyclic) bond motifs is 1. The molecule has 8 nitrogen and oxygen atoms in total. The topological polar surface area (TPSA) is 91.6 Å². The van der Waals surface area contributed by atoms with Crippen LogP contribution in [0.15, 0.2) is 59.9 Å². The number of piperazine rings is 1. The maximum Gasteiger partial charge on any atom is 0.355 e. The lowest BCUT2D eigenvalue weighted by molar-refractivity contribution is -0.126. The number of carbonyl (C=O) groups excluding carboxylic acids is 1. The van der Waals surface area contributed by atoms with Crippen molar-refractivity contribution in [1.82, 2.24) is 19.4 Å². The summed E-state index contributed by atoms with van der Waals surface area (Å²) in [6.07, 6.45) is 1.86. The van der Waals surface area contributed by atoms with E-state index in [-0.39, 0.29) is 28.8 Å². The molecule has 4 aromatic rings. The largest absolute Gasteiger partial charge is 0.507 e. The molecule has 10 heteroatoms. The molecule has 2 aromatic heterocycles. The molecule has 0 spiro atoms. The molecule has 206 valence electrons. The second kappa shape index (κ2) is 10.5. The molecule has 1 atom stereocenters.